The average Bonchev–Trinajstić information content (AvgIpc) is 2.73. The van der Waals surface area contributed by atoms with Gasteiger partial charge in [0, 0.05) is 12.2 Å². The fraction of sp³-hybridized carbons (Fsp3) is 0.571. The molecule has 0 spiro atoms. The zero-order chi connectivity index (χ0) is 11.7. The van der Waals surface area contributed by atoms with Crippen molar-refractivity contribution in [2.45, 2.75) is 24.9 Å². The third-order valence-corrected chi connectivity index (χ3v) is 3.96. The highest BCUT2D eigenvalue weighted by Gasteiger charge is 2.35. The molecule has 1 fully saturated rings. The lowest BCUT2D eigenvalue weighted by atomic mass is 9.94. The van der Waals surface area contributed by atoms with Crippen molar-refractivity contribution in [3.8, 4) is 0 Å². The normalized spacial score (nSPS) is 22.5. The highest BCUT2D eigenvalue weighted by Crippen LogP contribution is 2.32. The molecule has 0 bridgehead atoms. The van der Waals surface area contributed by atoms with Crippen molar-refractivity contribution in [2.75, 3.05) is 31.1 Å². The van der Waals surface area contributed by atoms with Gasteiger partial charge in [0.1, 0.15) is 5.67 Å². The van der Waals surface area contributed by atoms with Gasteiger partial charge in [-0.05, 0) is 44.0 Å². The molecule has 1 aromatic rings. The first-order valence-electron chi connectivity index (χ1n) is 6.49. The second-order valence-corrected chi connectivity index (χ2v) is 5.20. The minimum absolute atomic E-state index is 0.561. The first-order valence-corrected chi connectivity index (χ1v) is 6.49. The average molecular weight is 234 g/mol. The SMILES string of the molecule is FC1(CN2CCc3ccccc32)CCNCC1. The minimum Gasteiger partial charge on any atom is -0.368 e. The van der Waals surface area contributed by atoms with E-state index in [1.807, 2.05) is 6.07 Å². The van der Waals surface area contributed by atoms with Crippen LogP contribution in [0.2, 0.25) is 0 Å². The van der Waals surface area contributed by atoms with Crippen LogP contribution < -0.4 is 10.2 Å². The summed E-state index contributed by atoms with van der Waals surface area (Å²) in [5.41, 5.74) is 1.61. The summed E-state index contributed by atoms with van der Waals surface area (Å²) in [4.78, 5) is 2.22. The van der Waals surface area contributed by atoms with Crippen LogP contribution in [0.5, 0.6) is 0 Å². The molecule has 0 aliphatic carbocycles. The monoisotopic (exact) mass is 234 g/mol. The van der Waals surface area contributed by atoms with E-state index in [0.29, 0.717) is 19.4 Å². The predicted molar refractivity (Wildman–Crippen MR) is 68.3 cm³/mol. The largest absolute Gasteiger partial charge is 0.368 e. The summed E-state index contributed by atoms with van der Waals surface area (Å²) in [5.74, 6) is 0. The lowest BCUT2D eigenvalue weighted by molar-refractivity contribution is 0.123. The molecule has 2 aliphatic heterocycles. The number of nitrogens with zero attached hydrogens (tertiary/aromatic N) is 1. The summed E-state index contributed by atoms with van der Waals surface area (Å²) in [6.07, 6.45) is 2.35. The van der Waals surface area contributed by atoms with Gasteiger partial charge in [-0.2, -0.15) is 0 Å². The Morgan fingerprint density at radius 3 is 2.82 bits per heavy atom. The van der Waals surface area contributed by atoms with Gasteiger partial charge in [0.25, 0.3) is 0 Å². The van der Waals surface area contributed by atoms with Crippen LogP contribution in [0.3, 0.4) is 0 Å². The van der Waals surface area contributed by atoms with Crippen molar-refractivity contribution in [3.63, 3.8) is 0 Å². The van der Waals surface area contributed by atoms with Gasteiger partial charge in [0.05, 0.1) is 6.54 Å². The molecular weight excluding hydrogens is 215 g/mol. The van der Waals surface area contributed by atoms with Crippen molar-refractivity contribution in [3.05, 3.63) is 29.8 Å². The molecule has 92 valence electrons. The third-order valence-electron chi connectivity index (χ3n) is 3.96. The van der Waals surface area contributed by atoms with Crippen LogP contribution in [0.15, 0.2) is 24.3 Å². The van der Waals surface area contributed by atoms with E-state index in [1.54, 1.807) is 0 Å². The van der Waals surface area contributed by atoms with Crippen LogP contribution in [0, 0.1) is 0 Å². The Kier molecular flexibility index (Phi) is 2.79. The van der Waals surface area contributed by atoms with E-state index in [1.165, 1.54) is 11.3 Å². The number of alkyl halides is 1. The Labute approximate surface area is 102 Å². The maximum atomic E-state index is 14.6. The van der Waals surface area contributed by atoms with E-state index in [0.717, 1.165) is 26.1 Å². The van der Waals surface area contributed by atoms with Crippen molar-refractivity contribution >= 4 is 5.69 Å². The van der Waals surface area contributed by atoms with Crippen molar-refractivity contribution in [1.29, 1.82) is 0 Å². The van der Waals surface area contributed by atoms with E-state index in [2.05, 4.69) is 28.4 Å². The standard InChI is InChI=1S/C14H19FN2/c15-14(6-8-16-9-7-14)11-17-10-5-12-3-1-2-4-13(12)17/h1-4,16H,5-11H2. The Morgan fingerprint density at radius 2 is 2.00 bits per heavy atom. The molecule has 0 radical (unpaired) electrons. The second kappa shape index (κ2) is 4.30. The molecule has 0 unspecified atom stereocenters. The van der Waals surface area contributed by atoms with Crippen molar-refractivity contribution in [1.82, 2.24) is 5.32 Å². The van der Waals surface area contributed by atoms with E-state index in [4.69, 9.17) is 0 Å². The molecule has 0 atom stereocenters. The second-order valence-electron chi connectivity index (χ2n) is 5.20. The lowest BCUT2D eigenvalue weighted by Gasteiger charge is -2.34. The molecular formula is C14H19FN2. The van der Waals surface area contributed by atoms with E-state index >= 15 is 0 Å². The number of piperidine rings is 1. The van der Waals surface area contributed by atoms with Gasteiger partial charge in [-0.1, -0.05) is 18.2 Å². The van der Waals surface area contributed by atoms with Crippen molar-refractivity contribution < 1.29 is 4.39 Å². The third kappa shape index (κ3) is 2.16. The summed E-state index contributed by atoms with van der Waals surface area (Å²) in [6.45, 7) is 3.15. The van der Waals surface area contributed by atoms with Crippen LogP contribution in [0.4, 0.5) is 10.1 Å². The highest BCUT2D eigenvalue weighted by atomic mass is 19.1. The molecule has 3 heteroatoms. The molecule has 2 aliphatic rings. The zero-order valence-electron chi connectivity index (χ0n) is 10.1. The van der Waals surface area contributed by atoms with Gasteiger partial charge < -0.3 is 10.2 Å². The number of nitrogens with one attached hydrogen (secondary N) is 1. The summed E-state index contributed by atoms with van der Waals surface area (Å²) < 4.78 is 14.6. The molecule has 0 aromatic heterocycles. The summed E-state index contributed by atoms with van der Waals surface area (Å²) in [5, 5.41) is 3.23. The quantitative estimate of drug-likeness (QED) is 0.843. The highest BCUT2D eigenvalue weighted by molar-refractivity contribution is 5.58. The number of anilines is 1. The van der Waals surface area contributed by atoms with Gasteiger partial charge >= 0.3 is 0 Å². The number of hydrogen-bond acceptors (Lipinski definition) is 2. The minimum atomic E-state index is -0.997. The van der Waals surface area contributed by atoms with Crippen LogP contribution >= 0.6 is 0 Å². The smallest absolute Gasteiger partial charge is 0.130 e. The summed E-state index contributed by atoms with van der Waals surface area (Å²) in [7, 11) is 0. The maximum Gasteiger partial charge on any atom is 0.130 e. The zero-order valence-corrected chi connectivity index (χ0v) is 10.1. The first-order chi connectivity index (χ1) is 8.27. The van der Waals surface area contributed by atoms with Gasteiger partial charge in [0.2, 0.25) is 0 Å². The topological polar surface area (TPSA) is 15.3 Å². The molecule has 2 nitrogen and oxygen atoms in total. The molecule has 17 heavy (non-hydrogen) atoms. The van der Waals surface area contributed by atoms with Gasteiger partial charge in [-0.25, -0.2) is 4.39 Å². The molecule has 1 aromatic carbocycles. The molecule has 3 rings (SSSR count). The number of hydrogen-bond donors (Lipinski definition) is 1. The summed E-state index contributed by atoms with van der Waals surface area (Å²) in [6, 6.07) is 8.39. The number of para-hydroxylation sites is 1. The molecule has 1 saturated heterocycles. The fourth-order valence-corrected chi connectivity index (χ4v) is 2.95. The predicted octanol–water partition coefficient (Wildman–Crippen LogP) is 2.14. The fourth-order valence-electron chi connectivity index (χ4n) is 2.95. The van der Waals surface area contributed by atoms with Gasteiger partial charge in [-0.15, -0.1) is 0 Å². The molecule has 1 N–H and O–H groups in total. The van der Waals surface area contributed by atoms with Gasteiger partial charge in [0.15, 0.2) is 0 Å². The van der Waals surface area contributed by atoms with E-state index in [-0.39, 0.29) is 0 Å². The Bertz CT molecular complexity index is 399. The Morgan fingerprint density at radius 1 is 1.24 bits per heavy atom. The van der Waals surface area contributed by atoms with Crippen LogP contribution in [0.1, 0.15) is 18.4 Å². The number of fused-ring (bicyclic) bond motifs is 1. The number of benzene rings is 1. The lowest BCUT2D eigenvalue weighted by Crippen LogP contribution is -2.46. The van der Waals surface area contributed by atoms with E-state index < -0.39 is 5.67 Å². The number of halogens is 1. The van der Waals surface area contributed by atoms with Crippen LogP contribution in [0.25, 0.3) is 0 Å². The van der Waals surface area contributed by atoms with Crippen LogP contribution in [-0.4, -0.2) is 31.8 Å². The Balaban J connectivity index is 1.74. The first kappa shape index (κ1) is 11.0. The maximum absolute atomic E-state index is 14.6. The van der Waals surface area contributed by atoms with Crippen LogP contribution in [-0.2, 0) is 6.42 Å². The molecule has 0 amide bonds. The molecule has 2 heterocycles. The van der Waals surface area contributed by atoms with Crippen molar-refractivity contribution in [2.24, 2.45) is 0 Å². The molecule has 0 saturated carbocycles. The number of rotatable bonds is 2. The Hall–Kier alpha value is -1.09. The van der Waals surface area contributed by atoms with Gasteiger partial charge in [-0.3, -0.25) is 0 Å². The van der Waals surface area contributed by atoms with E-state index in [9.17, 15) is 4.39 Å². The summed E-state index contributed by atoms with van der Waals surface area (Å²) >= 11 is 0.